The van der Waals surface area contributed by atoms with Crippen LogP contribution in [0.4, 0.5) is 0 Å². The maximum Gasteiger partial charge on any atom is 0.225 e. The lowest BCUT2D eigenvalue weighted by atomic mass is 9.96. The number of amides is 1. The van der Waals surface area contributed by atoms with Gasteiger partial charge in [0.15, 0.2) is 0 Å². The van der Waals surface area contributed by atoms with Crippen LogP contribution in [0, 0.1) is 5.92 Å². The summed E-state index contributed by atoms with van der Waals surface area (Å²) in [5, 5.41) is 2.97. The molecule has 0 saturated heterocycles. The van der Waals surface area contributed by atoms with Gasteiger partial charge in [0.1, 0.15) is 11.5 Å². The van der Waals surface area contributed by atoms with Crippen LogP contribution in [0.3, 0.4) is 0 Å². The third-order valence-corrected chi connectivity index (χ3v) is 3.11. The van der Waals surface area contributed by atoms with Crippen molar-refractivity contribution in [2.45, 2.75) is 32.7 Å². The summed E-state index contributed by atoms with van der Waals surface area (Å²) in [5.41, 5.74) is 6.43. The van der Waals surface area contributed by atoms with Crippen LogP contribution in [0.5, 0.6) is 11.5 Å². The summed E-state index contributed by atoms with van der Waals surface area (Å²) in [6, 6.07) is 5.57. The number of hydrogen-bond donors (Lipinski definition) is 2. The smallest absolute Gasteiger partial charge is 0.225 e. The van der Waals surface area contributed by atoms with E-state index in [9.17, 15) is 4.79 Å². The second-order valence-corrected chi connectivity index (χ2v) is 6.05. The molecule has 5 heteroatoms. The fourth-order valence-corrected chi connectivity index (χ4v) is 2.04. The van der Waals surface area contributed by atoms with Gasteiger partial charge in [-0.15, -0.1) is 0 Å². The molecule has 1 aromatic rings. The van der Waals surface area contributed by atoms with E-state index in [0.29, 0.717) is 12.2 Å². The molecule has 0 heterocycles. The molecule has 1 atom stereocenters. The minimum Gasteiger partial charge on any atom is -0.497 e. The number of carbonyl (C=O) groups excluding carboxylic acids is 1. The predicted octanol–water partition coefficient (Wildman–Crippen LogP) is 1.74. The van der Waals surface area contributed by atoms with Gasteiger partial charge in [0.05, 0.1) is 20.1 Å². The normalized spacial score (nSPS) is 12.7. The molecular formula is C16H26N2O3. The Morgan fingerprint density at radius 1 is 1.29 bits per heavy atom. The fraction of sp³-hybridized carbons (Fsp3) is 0.562. The number of nitrogens with two attached hydrogens (primary N) is 1. The number of hydrogen-bond acceptors (Lipinski definition) is 4. The van der Waals surface area contributed by atoms with E-state index in [0.717, 1.165) is 11.3 Å². The molecule has 1 aromatic carbocycles. The van der Waals surface area contributed by atoms with E-state index >= 15 is 0 Å². The summed E-state index contributed by atoms with van der Waals surface area (Å²) in [7, 11) is 3.21. The van der Waals surface area contributed by atoms with Crippen molar-refractivity contribution in [1.29, 1.82) is 0 Å². The number of nitrogens with one attached hydrogen (secondary N) is 1. The molecule has 118 valence electrons. The predicted molar refractivity (Wildman–Crippen MR) is 83.7 cm³/mol. The van der Waals surface area contributed by atoms with Crippen LogP contribution in [0.15, 0.2) is 18.2 Å². The molecule has 0 aromatic heterocycles. The summed E-state index contributed by atoms with van der Waals surface area (Å²) in [4.78, 5) is 12.3. The van der Waals surface area contributed by atoms with Crippen molar-refractivity contribution in [3.63, 3.8) is 0 Å². The van der Waals surface area contributed by atoms with Crippen LogP contribution in [0.1, 0.15) is 26.3 Å². The summed E-state index contributed by atoms with van der Waals surface area (Å²) >= 11 is 0. The highest BCUT2D eigenvalue weighted by atomic mass is 16.5. The van der Waals surface area contributed by atoms with Gasteiger partial charge >= 0.3 is 0 Å². The minimum atomic E-state index is -0.286. The van der Waals surface area contributed by atoms with Crippen LogP contribution < -0.4 is 20.5 Å². The molecule has 0 aliphatic heterocycles. The SMILES string of the molecule is COc1ccc(CC(CN)C(=O)NC(C)(C)C)c(OC)c1. The Labute approximate surface area is 126 Å². The zero-order valence-electron chi connectivity index (χ0n) is 13.5. The lowest BCUT2D eigenvalue weighted by Gasteiger charge is -2.24. The molecule has 1 amide bonds. The van der Waals surface area contributed by atoms with E-state index < -0.39 is 0 Å². The molecule has 0 bridgehead atoms. The lowest BCUT2D eigenvalue weighted by Crippen LogP contribution is -2.46. The van der Waals surface area contributed by atoms with E-state index in [4.69, 9.17) is 15.2 Å². The van der Waals surface area contributed by atoms with E-state index in [-0.39, 0.29) is 23.9 Å². The van der Waals surface area contributed by atoms with Gasteiger partial charge in [-0.05, 0) is 38.8 Å². The Balaban J connectivity index is 2.88. The van der Waals surface area contributed by atoms with Gasteiger partial charge < -0.3 is 20.5 Å². The molecule has 1 unspecified atom stereocenters. The van der Waals surface area contributed by atoms with E-state index in [1.165, 1.54) is 0 Å². The van der Waals surface area contributed by atoms with Crippen molar-refractivity contribution < 1.29 is 14.3 Å². The van der Waals surface area contributed by atoms with Crippen LogP contribution in [0.25, 0.3) is 0 Å². The molecule has 0 aliphatic rings. The van der Waals surface area contributed by atoms with Gasteiger partial charge in [-0.1, -0.05) is 6.07 Å². The number of carbonyl (C=O) groups is 1. The molecule has 21 heavy (non-hydrogen) atoms. The Bertz CT molecular complexity index is 481. The third-order valence-electron chi connectivity index (χ3n) is 3.11. The van der Waals surface area contributed by atoms with Crippen molar-refractivity contribution in [1.82, 2.24) is 5.32 Å². The molecular weight excluding hydrogens is 268 g/mol. The maximum atomic E-state index is 12.3. The van der Waals surface area contributed by atoms with Gasteiger partial charge in [-0.2, -0.15) is 0 Å². The van der Waals surface area contributed by atoms with Crippen molar-refractivity contribution in [3.8, 4) is 11.5 Å². The Morgan fingerprint density at radius 3 is 2.43 bits per heavy atom. The topological polar surface area (TPSA) is 73.6 Å². The van der Waals surface area contributed by atoms with E-state index in [2.05, 4.69) is 5.32 Å². The highest BCUT2D eigenvalue weighted by Gasteiger charge is 2.23. The monoisotopic (exact) mass is 294 g/mol. The molecule has 0 saturated carbocycles. The zero-order chi connectivity index (χ0) is 16.0. The molecule has 0 spiro atoms. The second-order valence-electron chi connectivity index (χ2n) is 6.05. The Hall–Kier alpha value is -1.75. The van der Waals surface area contributed by atoms with E-state index in [1.54, 1.807) is 14.2 Å². The lowest BCUT2D eigenvalue weighted by molar-refractivity contribution is -0.126. The number of rotatable bonds is 6. The van der Waals surface area contributed by atoms with Gasteiger partial charge in [0.25, 0.3) is 0 Å². The Kier molecular flexibility index (Phi) is 6.03. The summed E-state index contributed by atoms with van der Waals surface area (Å²) in [6.07, 6.45) is 0.533. The average molecular weight is 294 g/mol. The minimum absolute atomic E-state index is 0.0390. The number of methoxy groups -OCH3 is 2. The number of benzene rings is 1. The molecule has 5 nitrogen and oxygen atoms in total. The first kappa shape index (κ1) is 17.3. The van der Waals surface area contributed by atoms with Crippen molar-refractivity contribution in [3.05, 3.63) is 23.8 Å². The van der Waals surface area contributed by atoms with E-state index in [1.807, 2.05) is 39.0 Å². The van der Waals surface area contributed by atoms with Crippen LogP contribution in [0.2, 0.25) is 0 Å². The Morgan fingerprint density at radius 2 is 1.95 bits per heavy atom. The summed E-state index contributed by atoms with van der Waals surface area (Å²) in [5.74, 6) is 1.10. The zero-order valence-corrected chi connectivity index (χ0v) is 13.5. The van der Waals surface area contributed by atoms with Gasteiger partial charge in [0.2, 0.25) is 5.91 Å². The number of ether oxygens (including phenoxy) is 2. The summed E-state index contributed by atoms with van der Waals surface area (Å²) < 4.78 is 10.5. The molecule has 0 fully saturated rings. The van der Waals surface area contributed by atoms with Gasteiger partial charge in [0, 0.05) is 18.2 Å². The molecule has 3 N–H and O–H groups in total. The van der Waals surface area contributed by atoms with Gasteiger partial charge in [-0.25, -0.2) is 0 Å². The first-order chi connectivity index (χ1) is 9.80. The molecule has 1 rings (SSSR count). The van der Waals surface area contributed by atoms with Crippen molar-refractivity contribution >= 4 is 5.91 Å². The van der Waals surface area contributed by atoms with Crippen molar-refractivity contribution in [2.24, 2.45) is 11.7 Å². The van der Waals surface area contributed by atoms with Crippen LogP contribution in [-0.4, -0.2) is 32.2 Å². The largest absolute Gasteiger partial charge is 0.497 e. The maximum absolute atomic E-state index is 12.3. The fourth-order valence-electron chi connectivity index (χ4n) is 2.04. The highest BCUT2D eigenvalue weighted by Crippen LogP contribution is 2.26. The van der Waals surface area contributed by atoms with Crippen LogP contribution >= 0.6 is 0 Å². The van der Waals surface area contributed by atoms with Gasteiger partial charge in [-0.3, -0.25) is 4.79 Å². The first-order valence-electron chi connectivity index (χ1n) is 7.03. The van der Waals surface area contributed by atoms with Crippen LogP contribution in [-0.2, 0) is 11.2 Å². The third kappa shape index (κ3) is 5.27. The quantitative estimate of drug-likeness (QED) is 0.838. The summed E-state index contributed by atoms with van der Waals surface area (Å²) in [6.45, 7) is 6.14. The van der Waals surface area contributed by atoms with Crippen molar-refractivity contribution in [2.75, 3.05) is 20.8 Å². The first-order valence-corrected chi connectivity index (χ1v) is 7.03. The molecule has 0 radical (unpaired) electrons. The highest BCUT2D eigenvalue weighted by molar-refractivity contribution is 5.80. The molecule has 0 aliphatic carbocycles. The second kappa shape index (κ2) is 7.31. The average Bonchev–Trinajstić information content (AvgIpc) is 2.42. The standard InChI is InChI=1S/C16H26N2O3/c1-16(2,3)18-15(19)12(10-17)8-11-6-7-13(20-4)9-14(11)21-5/h6-7,9,12H,8,10,17H2,1-5H3,(H,18,19).